The fourth-order valence-corrected chi connectivity index (χ4v) is 1.76. The number of hydrogen-bond donors (Lipinski definition) is 1. The van der Waals surface area contributed by atoms with Crippen molar-refractivity contribution in [3.8, 4) is 0 Å². The number of hydrogen-bond acceptors (Lipinski definition) is 3. The molecule has 0 fully saturated rings. The molecule has 2 aromatic rings. The van der Waals surface area contributed by atoms with Gasteiger partial charge >= 0.3 is 0 Å². The Kier molecular flexibility index (Phi) is 4.36. The van der Waals surface area contributed by atoms with Gasteiger partial charge in [-0.05, 0) is 31.3 Å². The Balaban J connectivity index is 1.72. The molecule has 0 unspecified atom stereocenters. The second-order valence-electron chi connectivity index (χ2n) is 4.31. The largest absolute Gasteiger partial charge is 0.472 e. The maximum atomic E-state index is 12.9. The van der Waals surface area contributed by atoms with Gasteiger partial charge in [0.25, 0.3) is 0 Å². The zero-order valence-corrected chi connectivity index (χ0v) is 10.4. The van der Waals surface area contributed by atoms with Crippen molar-refractivity contribution >= 4 is 5.69 Å². The van der Waals surface area contributed by atoms with Crippen LogP contribution in [-0.4, -0.2) is 25.0 Å². The van der Waals surface area contributed by atoms with Crippen molar-refractivity contribution in [3.05, 3.63) is 54.2 Å². The highest BCUT2D eigenvalue weighted by Gasteiger charge is 2.01. The minimum absolute atomic E-state index is 0.216. The molecule has 18 heavy (non-hydrogen) atoms. The van der Waals surface area contributed by atoms with Crippen LogP contribution in [0.15, 0.2) is 47.3 Å². The van der Waals surface area contributed by atoms with Gasteiger partial charge in [0.1, 0.15) is 5.82 Å². The number of benzene rings is 1. The molecule has 96 valence electrons. The van der Waals surface area contributed by atoms with Crippen LogP contribution in [0.5, 0.6) is 0 Å². The Labute approximate surface area is 106 Å². The summed E-state index contributed by atoms with van der Waals surface area (Å²) in [4.78, 5) is 2.18. The lowest BCUT2D eigenvalue weighted by Crippen LogP contribution is -2.24. The molecule has 0 aliphatic carbocycles. The molecule has 0 aliphatic heterocycles. The average Bonchev–Trinajstić information content (AvgIpc) is 2.82. The molecule has 1 N–H and O–H groups in total. The number of anilines is 1. The van der Waals surface area contributed by atoms with Crippen molar-refractivity contribution in [3.63, 3.8) is 0 Å². The minimum atomic E-state index is -0.216. The van der Waals surface area contributed by atoms with E-state index in [1.807, 2.05) is 19.2 Å². The van der Waals surface area contributed by atoms with E-state index in [1.165, 1.54) is 12.1 Å². The van der Waals surface area contributed by atoms with Gasteiger partial charge in [-0.3, -0.25) is 0 Å². The van der Waals surface area contributed by atoms with E-state index < -0.39 is 0 Å². The highest BCUT2D eigenvalue weighted by molar-refractivity contribution is 5.42. The molecule has 3 nitrogen and oxygen atoms in total. The van der Waals surface area contributed by atoms with E-state index in [2.05, 4.69) is 10.2 Å². The van der Waals surface area contributed by atoms with E-state index in [0.29, 0.717) is 0 Å². The highest BCUT2D eigenvalue weighted by Crippen LogP contribution is 2.08. The number of rotatable bonds is 6. The fraction of sp³-hybridized carbons (Fsp3) is 0.286. The number of nitrogens with one attached hydrogen (secondary N) is 1. The Hall–Kier alpha value is -1.81. The van der Waals surface area contributed by atoms with E-state index in [-0.39, 0.29) is 5.82 Å². The normalized spacial score (nSPS) is 10.8. The monoisotopic (exact) mass is 248 g/mol. The number of nitrogens with zero attached hydrogens (tertiary/aromatic N) is 1. The standard InChI is InChI=1S/C14H17FN2O/c1-17(10-12-5-8-18-11-12)7-6-16-14-4-2-3-13(15)9-14/h2-5,8-9,11,16H,6-7,10H2,1H3. The molecule has 0 radical (unpaired) electrons. The summed E-state index contributed by atoms with van der Waals surface area (Å²) in [7, 11) is 2.04. The van der Waals surface area contributed by atoms with Gasteiger partial charge in [0.15, 0.2) is 0 Å². The summed E-state index contributed by atoms with van der Waals surface area (Å²) in [6.07, 6.45) is 3.42. The van der Waals surface area contributed by atoms with Gasteiger partial charge in [0, 0.05) is 30.9 Å². The first-order valence-electron chi connectivity index (χ1n) is 5.93. The third-order valence-electron chi connectivity index (χ3n) is 2.68. The molecule has 1 aromatic carbocycles. The Bertz CT molecular complexity index is 470. The highest BCUT2D eigenvalue weighted by atomic mass is 19.1. The average molecular weight is 248 g/mol. The number of furan rings is 1. The van der Waals surface area contributed by atoms with E-state index in [1.54, 1.807) is 18.6 Å². The fourth-order valence-electron chi connectivity index (χ4n) is 1.76. The van der Waals surface area contributed by atoms with Crippen LogP contribution < -0.4 is 5.32 Å². The molecular formula is C14H17FN2O. The van der Waals surface area contributed by atoms with Gasteiger partial charge in [-0.1, -0.05) is 6.07 Å². The van der Waals surface area contributed by atoms with Crippen LogP contribution in [-0.2, 0) is 6.54 Å². The van der Waals surface area contributed by atoms with Crippen LogP contribution in [0.25, 0.3) is 0 Å². The molecule has 0 spiro atoms. The molecule has 0 saturated carbocycles. The van der Waals surface area contributed by atoms with Crippen LogP contribution in [0.2, 0.25) is 0 Å². The van der Waals surface area contributed by atoms with Crippen molar-refractivity contribution in [2.45, 2.75) is 6.54 Å². The SMILES string of the molecule is CN(CCNc1cccc(F)c1)Cc1ccoc1. The molecule has 1 aromatic heterocycles. The van der Waals surface area contributed by atoms with E-state index in [0.717, 1.165) is 30.9 Å². The third-order valence-corrected chi connectivity index (χ3v) is 2.68. The van der Waals surface area contributed by atoms with E-state index >= 15 is 0 Å². The molecule has 2 rings (SSSR count). The van der Waals surface area contributed by atoms with Crippen LogP contribution in [0.4, 0.5) is 10.1 Å². The zero-order chi connectivity index (χ0) is 12.8. The summed E-state index contributed by atoms with van der Waals surface area (Å²) < 4.78 is 18.0. The van der Waals surface area contributed by atoms with Crippen molar-refractivity contribution in [2.75, 3.05) is 25.5 Å². The lowest BCUT2D eigenvalue weighted by Gasteiger charge is -2.16. The second-order valence-corrected chi connectivity index (χ2v) is 4.31. The van der Waals surface area contributed by atoms with Gasteiger partial charge in [0.05, 0.1) is 12.5 Å². The van der Waals surface area contributed by atoms with E-state index in [9.17, 15) is 4.39 Å². The number of likely N-dealkylation sites (N-methyl/N-ethyl adjacent to an activating group) is 1. The summed E-state index contributed by atoms with van der Waals surface area (Å²) in [6.45, 7) is 2.50. The van der Waals surface area contributed by atoms with Crippen molar-refractivity contribution in [1.82, 2.24) is 4.90 Å². The maximum Gasteiger partial charge on any atom is 0.125 e. The first-order valence-corrected chi connectivity index (χ1v) is 5.93. The summed E-state index contributed by atoms with van der Waals surface area (Å²) in [6, 6.07) is 8.45. The van der Waals surface area contributed by atoms with Gasteiger partial charge in [-0.15, -0.1) is 0 Å². The molecule has 0 amide bonds. The lowest BCUT2D eigenvalue weighted by atomic mass is 10.3. The molecule has 0 aliphatic rings. The van der Waals surface area contributed by atoms with Gasteiger partial charge in [-0.25, -0.2) is 4.39 Å². The van der Waals surface area contributed by atoms with Gasteiger partial charge in [-0.2, -0.15) is 0 Å². The molecule has 1 heterocycles. The van der Waals surface area contributed by atoms with Crippen LogP contribution >= 0.6 is 0 Å². The van der Waals surface area contributed by atoms with Gasteiger partial charge in [0.2, 0.25) is 0 Å². The van der Waals surface area contributed by atoms with Crippen molar-refractivity contribution in [2.24, 2.45) is 0 Å². The van der Waals surface area contributed by atoms with Gasteiger partial charge < -0.3 is 14.6 Å². The van der Waals surface area contributed by atoms with Crippen LogP contribution in [0, 0.1) is 5.82 Å². The minimum Gasteiger partial charge on any atom is -0.472 e. The summed E-state index contributed by atoms with van der Waals surface area (Å²) in [5.41, 5.74) is 1.97. The quantitative estimate of drug-likeness (QED) is 0.852. The Morgan fingerprint density at radius 1 is 1.33 bits per heavy atom. The topological polar surface area (TPSA) is 28.4 Å². The Morgan fingerprint density at radius 2 is 2.22 bits per heavy atom. The van der Waals surface area contributed by atoms with E-state index in [4.69, 9.17) is 4.42 Å². The zero-order valence-electron chi connectivity index (χ0n) is 10.4. The first kappa shape index (κ1) is 12.6. The smallest absolute Gasteiger partial charge is 0.125 e. The van der Waals surface area contributed by atoms with Crippen LogP contribution in [0.1, 0.15) is 5.56 Å². The molecular weight excluding hydrogens is 231 g/mol. The third kappa shape index (κ3) is 3.89. The predicted molar refractivity (Wildman–Crippen MR) is 69.9 cm³/mol. The summed E-state index contributed by atoms with van der Waals surface area (Å²) in [5.74, 6) is -0.216. The molecule has 4 heteroatoms. The molecule has 0 saturated heterocycles. The second kappa shape index (κ2) is 6.21. The Morgan fingerprint density at radius 3 is 2.94 bits per heavy atom. The lowest BCUT2D eigenvalue weighted by molar-refractivity contribution is 0.338. The van der Waals surface area contributed by atoms with Crippen LogP contribution in [0.3, 0.4) is 0 Å². The molecule has 0 atom stereocenters. The molecule has 0 bridgehead atoms. The van der Waals surface area contributed by atoms with Crippen molar-refractivity contribution < 1.29 is 8.81 Å². The first-order chi connectivity index (χ1) is 8.74. The summed E-state index contributed by atoms with van der Waals surface area (Å²) in [5, 5.41) is 3.19. The van der Waals surface area contributed by atoms with Crippen molar-refractivity contribution in [1.29, 1.82) is 0 Å². The number of halogens is 1. The summed E-state index contributed by atoms with van der Waals surface area (Å²) >= 11 is 0. The predicted octanol–water partition coefficient (Wildman–Crippen LogP) is 2.96. The maximum absolute atomic E-state index is 12.9.